The molecule has 3 aromatic rings. The zero-order chi connectivity index (χ0) is 26.7. The molecule has 0 spiro atoms. The molecule has 0 aliphatic carbocycles. The topological polar surface area (TPSA) is 143 Å². The van der Waals surface area contributed by atoms with E-state index in [4.69, 9.17) is 37.4 Å². The summed E-state index contributed by atoms with van der Waals surface area (Å²) in [6, 6.07) is 12.9. The van der Waals surface area contributed by atoms with Crippen molar-refractivity contribution in [1.82, 2.24) is 0 Å². The average molecular weight is 544 g/mol. The standard InChI is InChI=1S/C24H15Cl2N3O8/c1-35-21-10-14(8-18(26)22(21)36-12-13-2-5-16(6-3-13)28(31)32)9-19-24(30)37-23(27-19)15-4-7-17(25)20(11-15)29(33)34/h2-11H,12H2,1H3/b19-9-. The fourth-order valence-corrected chi connectivity index (χ4v) is 3.77. The molecule has 0 atom stereocenters. The molecule has 0 fully saturated rings. The summed E-state index contributed by atoms with van der Waals surface area (Å²) in [7, 11) is 1.41. The van der Waals surface area contributed by atoms with Gasteiger partial charge in [-0.15, -0.1) is 0 Å². The van der Waals surface area contributed by atoms with Crippen LogP contribution in [-0.4, -0.2) is 28.8 Å². The van der Waals surface area contributed by atoms with Gasteiger partial charge in [-0.1, -0.05) is 23.2 Å². The van der Waals surface area contributed by atoms with Crippen molar-refractivity contribution in [3.8, 4) is 11.5 Å². The van der Waals surface area contributed by atoms with Crippen LogP contribution in [0.3, 0.4) is 0 Å². The van der Waals surface area contributed by atoms with Crippen LogP contribution in [0.1, 0.15) is 16.7 Å². The summed E-state index contributed by atoms with van der Waals surface area (Å²) in [5, 5.41) is 22.1. The number of aliphatic imine (C=N–C) groups is 1. The normalized spacial score (nSPS) is 13.8. The van der Waals surface area contributed by atoms with E-state index < -0.39 is 15.8 Å². The lowest BCUT2D eigenvalue weighted by atomic mass is 10.1. The molecular weight excluding hydrogens is 529 g/mol. The fourth-order valence-electron chi connectivity index (χ4n) is 3.31. The molecule has 0 amide bonds. The molecule has 0 unspecified atom stereocenters. The Bertz CT molecular complexity index is 1490. The summed E-state index contributed by atoms with van der Waals surface area (Å²) >= 11 is 12.2. The van der Waals surface area contributed by atoms with E-state index in [9.17, 15) is 25.0 Å². The molecule has 1 aliphatic rings. The van der Waals surface area contributed by atoms with Gasteiger partial charge in [0.1, 0.15) is 11.6 Å². The van der Waals surface area contributed by atoms with E-state index in [2.05, 4.69) is 4.99 Å². The number of esters is 1. The Hall–Kier alpha value is -4.48. The summed E-state index contributed by atoms with van der Waals surface area (Å²) in [6.07, 6.45) is 1.41. The van der Waals surface area contributed by atoms with Gasteiger partial charge in [0.05, 0.1) is 22.0 Å². The number of nitrogens with zero attached hydrogens (tertiary/aromatic N) is 3. The second kappa shape index (κ2) is 10.6. The van der Waals surface area contributed by atoms with E-state index in [1.807, 2.05) is 0 Å². The highest BCUT2D eigenvalue weighted by atomic mass is 35.5. The predicted octanol–water partition coefficient (Wildman–Crippen LogP) is 5.74. The number of ether oxygens (including phenoxy) is 3. The van der Waals surface area contributed by atoms with Gasteiger partial charge >= 0.3 is 5.97 Å². The highest BCUT2D eigenvalue weighted by molar-refractivity contribution is 6.33. The highest BCUT2D eigenvalue weighted by Crippen LogP contribution is 2.38. The SMILES string of the molecule is COc1cc(/C=C2\N=C(c3ccc(Cl)c([N+](=O)[O-])c3)OC2=O)cc(Cl)c1OCc1ccc([N+](=O)[O-])cc1. The van der Waals surface area contributed by atoms with E-state index in [0.717, 1.165) is 6.07 Å². The Labute approximate surface area is 218 Å². The Morgan fingerprint density at radius 1 is 1.00 bits per heavy atom. The van der Waals surface area contributed by atoms with Crippen molar-refractivity contribution in [2.45, 2.75) is 6.61 Å². The number of carbonyl (C=O) groups is 1. The second-order valence-corrected chi connectivity index (χ2v) is 8.32. The number of rotatable bonds is 8. The van der Waals surface area contributed by atoms with Crippen molar-refractivity contribution >= 4 is 52.5 Å². The smallest absolute Gasteiger partial charge is 0.363 e. The zero-order valence-corrected chi connectivity index (χ0v) is 20.4. The number of nitro benzene ring substituents is 2. The van der Waals surface area contributed by atoms with E-state index in [0.29, 0.717) is 11.1 Å². The van der Waals surface area contributed by atoms with Gasteiger partial charge in [-0.05, 0) is 53.6 Å². The number of hydrogen-bond donors (Lipinski definition) is 0. The lowest BCUT2D eigenvalue weighted by molar-refractivity contribution is -0.385. The molecule has 0 saturated heterocycles. The van der Waals surface area contributed by atoms with Crippen LogP contribution in [0.4, 0.5) is 11.4 Å². The van der Waals surface area contributed by atoms with E-state index in [-0.39, 0.29) is 56.7 Å². The molecule has 188 valence electrons. The first-order chi connectivity index (χ1) is 17.7. The summed E-state index contributed by atoms with van der Waals surface area (Å²) in [6.45, 7) is 0.0711. The lowest BCUT2D eigenvalue weighted by Gasteiger charge is -2.13. The van der Waals surface area contributed by atoms with E-state index >= 15 is 0 Å². The van der Waals surface area contributed by atoms with Gasteiger partial charge < -0.3 is 14.2 Å². The van der Waals surface area contributed by atoms with Gasteiger partial charge in [-0.3, -0.25) is 20.2 Å². The minimum absolute atomic E-state index is 0.0395. The van der Waals surface area contributed by atoms with Gasteiger partial charge in [-0.25, -0.2) is 9.79 Å². The molecule has 0 bridgehead atoms. The fraction of sp³-hybridized carbons (Fsp3) is 0.0833. The van der Waals surface area contributed by atoms with Crippen LogP contribution in [0, 0.1) is 20.2 Å². The summed E-state index contributed by atoms with van der Waals surface area (Å²) < 4.78 is 16.3. The Morgan fingerprint density at radius 3 is 2.38 bits per heavy atom. The number of cyclic esters (lactones) is 1. The first-order valence-corrected chi connectivity index (χ1v) is 11.1. The van der Waals surface area contributed by atoms with Crippen LogP contribution >= 0.6 is 23.2 Å². The predicted molar refractivity (Wildman–Crippen MR) is 134 cm³/mol. The lowest BCUT2D eigenvalue weighted by Crippen LogP contribution is -2.06. The van der Waals surface area contributed by atoms with Gasteiger partial charge in [-0.2, -0.15) is 0 Å². The molecule has 1 aliphatic heterocycles. The van der Waals surface area contributed by atoms with Crippen LogP contribution in [0.25, 0.3) is 6.08 Å². The number of non-ortho nitro benzene ring substituents is 1. The van der Waals surface area contributed by atoms with Gasteiger partial charge in [0.2, 0.25) is 5.90 Å². The maximum atomic E-state index is 12.4. The monoisotopic (exact) mass is 543 g/mol. The molecule has 11 nitrogen and oxygen atoms in total. The Balaban J connectivity index is 1.57. The average Bonchev–Trinajstić information content (AvgIpc) is 3.23. The molecule has 0 radical (unpaired) electrons. The number of hydrogen-bond acceptors (Lipinski definition) is 9. The number of carbonyl (C=O) groups excluding carboxylic acids is 1. The third-order valence-electron chi connectivity index (χ3n) is 5.10. The molecule has 4 rings (SSSR count). The molecule has 37 heavy (non-hydrogen) atoms. The van der Waals surface area contributed by atoms with Crippen molar-refractivity contribution in [2.24, 2.45) is 4.99 Å². The molecule has 1 heterocycles. The number of benzene rings is 3. The summed E-state index contributed by atoms with van der Waals surface area (Å²) in [4.78, 5) is 37.3. The summed E-state index contributed by atoms with van der Waals surface area (Å²) in [5.41, 5.74) is 0.874. The van der Waals surface area contributed by atoms with Crippen LogP contribution < -0.4 is 9.47 Å². The van der Waals surface area contributed by atoms with E-state index in [1.54, 1.807) is 18.2 Å². The molecular formula is C24H15Cl2N3O8. The Morgan fingerprint density at radius 2 is 1.73 bits per heavy atom. The maximum absolute atomic E-state index is 12.4. The number of nitro groups is 2. The van der Waals surface area contributed by atoms with Crippen molar-refractivity contribution < 1.29 is 28.9 Å². The van der Waals surface area contributed by atoms with E-state index in [1.165, 1.54) is 43.5 Å². The van der Waals surface area contributed by atoms with Gasteiger partial charge in [0.25, 0.3) is 11.4 Å². The molecule has 3 aromatic carbocycles. The quantitative estimate of drug-likeness (QED) is 0.151. The first-order valence-electron chi connectivity index (χ1n) is 10.4. The van der Waals surface area contributed by atoms with Crippen molar-refractivity contribution in [3.05, 3.63) is 107 Å². The zero-order valence-electron chi connectivity index (χ0n) is 18.8. The van der Waals surface area contributed by atoms with Crippen LogP contribution in [0.15, 0.2) is 65.3 Å². The largest absolute Gasteiger partial charge is 0.493 e. The van der Waals surface area contributed by atoms with Crippen LogP contribution in [0.2, 0.25) is 10.0 Å². The first kappa shape index (κ1) is 25.6. The highest BCUT2D eigenvalue weighted by Gasteiger charge is 2.26. The van der Waals surface area contributed by atoms with Crippen LogP contribution in [0.5, 0.6) is 11.5 Å². The number of methoxy groups -OCH3 is 1. The van der Waals surface area contributed by atoms with Crippen molar-refractivity contribution in [3.63, 3.8) is 0 Å². The van der Waals surface area contributed by atoms with Crippen molar-refractivity contribution in [1.29, 1.82) is 0 Å². The van der Waals surface area contributed by atoms with Gasteiger partial charge in [0.15, 0.2) is 17.2 Å². The second-order valence-electron chi connectivity index (χ2n) is 7.51. The maximum Gasteiger partial charge on any atom is 0.363 e. The summed E-state index contributed by atoms with van der Waals surface area (Å²) in [5.74, 6) is -0.375. The number of halogens is 2. The van der Waals surface area contributed by atoms with Crippen LogP contribution in [-0.2, 0) is 16.1 Å². The Kier molecular flexibility index (Phi) is 7.37. The molecule has 0 N–H and O–H groups in total. The minimum Gasteiger partial charge on any atom is -0.493 e. The minimum atomic E-state index is -0.763. The third-order valence-corrected chi connectivity index (χ3v) is 5.70. The van der Waals surface area contributed by atoms with Crippen molar-refractivity contribution in [2.75, 3.05) is 7.11 Å². The molecule has 13 heteroatoms. The van der Waals surface area contributed by atoms with Gasteiger partial charge in [0, 0.05) is 23.8 Å². The third kappa shape index (κ3) is 5.68. The molecule has 0 saturated carbocycles. The molecule has 0 aromatic heterocycles.